The molecule has 0 bridgehead atoms. The van der Waals surface area contributed by atoms with Gasteiger partial charge in [-0.15, -0.1) is 0 Å². The van der Waals surface area contributed by atoms with E-state index in [9.17, 15) is 5.11 Å². The van der Waals surface area contributed by atoms with Crippen molar-refractivity contribution in [2.45, 2.75) is 0 Å². The summed E-state index contributed by atoms with van der Waals surface area (Å²) in [4.78, 5) is 4.26. The van der Waals surface area contributed by atoms with E-state index in [-0.39, 0.29) is 5.75 Å². The Balaban J connectivity index is 1.79. The Morgan fingerprint density at radius 3 is 2.81 bits per heavy atom. The fourth-order valence-corrected chi connectivity index (χ4v) is 3.16. The fourth-order valence-electron chi connectivity index (χ4n) is 3.16. The summed E-state index contributed by atoms with van der Waals surface area (Å²) in [5, 5.41) is 21.0. The molecule has 0 aliphatic heterocycles. The van der Waals surface area contributed by atoms with Crippen LogP contribution in [0.25, 0.3) is 34.0 Å². The van der Waals surface area contributed by atoms with E-state index >= 15 is 0 Å². The standard InChI is InChI=1S/C22H15N3O/c1-25-18(9-6-17-13-15(14-23)4-10-20(17)25)8-5-16-7-11-21(26)22-19(16)3-2-12-24-22/h2-13H,1H3/p+1. The molecule has 2 aromatic heterocycles. The molecule has 0 aliphatic rings. The number of nitriles is 1. The third-order valence-electron chi connectivity index (χ3n) is 4.55. The van der Waals surface area contributed by atoms with Crippen molar-refractivity contribution in [3.05, 3.63) is 77.6 Å². The SMILES string of the molecule is C[n+]1c(C=Cc2ccc(O)c3ncccc23)ccc2cc(C#N)ccc21. The van der Waals surface area contributed by atoms with Gasteiger partial charge in [-0.05, 0) is 42.0 Å². The molecule has 1 N–H and O–H groups in total. The van der Waals surface area contributed by atoms with Gasteiger partial charge in [0.1, 0.15) is 18.3 Å². The Labute approximate surface area is 150 Å². The Kier molecular flexibility index (Phi) is 3.83. The van der Waals surface area contributed by atoms with Gasteiger partial charge in [-0.25, -0.2) is 0 Å². The molecule has 0 spiro atoms. The zero-order valence-electron chi connectivity index (χ0n) is 14.2. The number of benzene rings is 2. The van der Waals surface area contributed by atoms with Crippen LogP contribution >= 0.6 is 0 Å². The molecular weight excluding hydrogens is 322 g/mol. The molecule has 0 unspecified atom stereocenters. The largest absolute Gasteiger partial charge is 0.506 e. The molecule has 4 heteroatoms. The van der Waals surface area contributed by atoms with Gasteiger partial charge in [-0.2, -0.15) is 9.83 Å². The zero-order valence-corrected chi connectivity index (χ0v) is 14.2. The Morgan fingerprint density at radius 1 is 1.08 bits per heavy atom. The van der Waals surface area contributed by atoms with Crippen LogP contribution in [0.1, 0.15) is 16.8 Å². The third kappa shape index (κ3) is 2.66. The van der Waals surface area contributed by atoms with Crippen LogP contribution in [0.2, 0.25) is 0 Å². The highest BCUT2D eigenvalue weighted by Crippen LogP contribution is 2.26. The Bertz CT molecular complexity index is 1220. The van der Waals surface area contributed by atoms with E-state index in [1.54, 1.807) is 12.3 Å². The number of nitrogens with zero attached hydrogens (tertiary/aromatic N) is 3. The quantitative estimate of drug-likeness (QED) is 0.563. The average Bonchev–Trinajstić information content (AvgIpc) is 2.69. The third-order valence-corrected chi connectivity index (χ3v) is 4.55. The predicted octanol–water partition coefficient (Wildman–Crippen LogP) is 3.96. The van der Waals surface area contributed by atoms with Crippen LogP contribution in [0.5, 0.6) is 5.75 Å². The lowest BCUT2D eigenvalue weighted by Crippen LogP contribution is -2.32. The lowest BCUT2D eigenvalue weighted by Gasteiger charge is -2.04. The summed E-state index contributed by atoms with van der Waals surface area (Å²) in [6.07, 6.45) is 5.74. The molecule has 4 nitrogen and oxygen atoms in total. The molecule has 0 atom stereocenters. The lowest BCUT2D eigenvalue weighted by molar-refractivity contribution is -0.646. The number of phenols is 1. The monoisotopic (exact) mass is 338 g/mol. The maximum atomic E-state index is 9.97. The topological polar surface area (TPSA) is 60.8 Å². The maximum Gasteiger partial charge on any atom is 0.212 e. The fraction of sp³-hybridized carbons (Fsp3) is 0.0455. The molecule has 2 aromatic carbocycles. The van der Waals surface area contributed by atoms with Gasteiger partial charge >= 0.3 is 0 Å². The van der Waals surface area contributed by atoms with Crippen LogP contribution in [0.15, 0.2) is 60.8 Å². The van der Waals surface area contributed by atoms with Gasteiger partial charge in [-0.3, -0.25) is 4.98 Å². The number of aryl methyl sites for hydroxylation is 1. The van der Waals surface area contributed by atoms with Gasteiger partial charge in [0.05, 0.1) is 11.6 Å². The minimum atomic E-state index is 0.183. The molecule has 2 heterocycles. The Morgan fingerprint density at radius 2 is 1.96 bits per heavy atom. The molecule has 4 aromatic rings. The highest BCUT2D eigenvalue weighted by atomic mass is 16.3. The summed E-state index contributed by atoms with van der Waals surface area (Å²) < 4.78 is 2.09. The number of phenolic OH excluding ortho intramolecular Hbond substituents is 1. The van der Waals surface area contributed by atoms with Crippen molar-refractivity contribution in [3.63, 3.8) is 0 Å². The van der Waals surface area contributed by atoms with Crippen LogP contribution < -0.4 is 4.57 Å². The summed E-state index contributed by atoms with van der Waals surface area (Å²) in [7, 11) is 2.00. The number of aromatic nitrogens is 2. The number of hydrogen-bond acceptors (Lipinski definition) is 3. The lowest BCUT2D eigenvalue weighted by atomic mass is 10.1. The maximum absolute atomic E-state index is 9.97. The molecule has 0 aliphatic carbocycles. The predicted molar refractivity (Wildman–Crippen MR) is 102 cm³/mol. The van der Waals surface area contributed by atoms with E-state index in [2.05, 4.69) is 15.6 Å². The highest BCUT2D eigenvalue weighted by Gasteiger charge is 2.10. The number of pyridine rings is 2. The first-order chi connectivity index (χ1) is 12.7. The van der Waals surface area contributed by atoms with Gasteiger partial charge in [0.25, 0.3) is 0 Å². The van der Waals surface area contributed by atoms with E-state index in [4.69, 9.17) is 5.26 Å². The molecule has 0 fully saturated rings. The van der Waals surface area contributed by atoms with Gasteiger partial charge < -0.3 is 5.11 Å². The van der Waals surface area contributed by atoms with Crippen molar-refractivity contribution in [1.29, 1.82) is 5.26 Å². The van der Waals surface area contributed by atoms with E-state index in [0.29, 0.717) is 11.1 Å². The first kappa shape index (κ1) is 15.8. The Hall–Kier alpha value is -3.71. The molecule has 124 valence electrons. The smallest absolute Gasteiger partial charge is 0.212 e. The number of fused-ring (bicyclic) bond motifs is 2. The number of hydrogen-bond donors (Lipinski definition) is 1. The zero-order chi connectivity index (χ0) is 18.1. The van der Waals surface area contributed by atoms with Crippen LogP contribution in [-0.2, 0) is 7.05 Å². The van der Waals surface area contributed by atoms with E-state index in [0.717, 1.165) is 27.5 Å². The van der Waals surface area contributed by atoms with E-state index < -0.39 is 0 Å². The number of rotatable bonds is 2. The normalized spacial score (nSPS) is 11.2. The second-order valence-corrected chi connectivity index (χ2v) is 6.11. The molecule has 0 radical (unpaired) electrons. The molecule has 4 rings (SSSR count). The van der Waals surface area contributed by atoms with Crippen molar-refractivity contribution in [2.75, 3.05) is 0 Å². The molecule has 26 heavy (non-hydrogen) atoms. The van der Waals surface area contributed by atoms with Gasteiger partial charge in [0, 0.05) is 35.2 Å². The van der Waals surface area contributed by atoms with Crippen molar-refractivity contribution < 1.29 is 9.67 Å². The first-order valence-corrected chi connectivity index (χ1v) is 8.25. The first-order valence-electron chi connectivity index (χ1n) is 8.25. The molecule has 0 amide bonds. The average molecular weight is 338 g/mol. The van der Waals surface area contributed by atoms with Crippen molar-refractivity contribution in [2.24, 2.45) is 7.05 Å². The van der Waals surface area contributed by atoms with E-state index in [1.807, 2.05) is 67.7 Å². The van der Waals surface area contributed by atoms with Crippen molar-refractivity contribution >= 4 is 34.0 Å². The number of aromatic hydroxyl groups is 1. The summed E-state index contributed by atoms with van der Waals surface area (Å²) in [5.74, 6) is 0.183. The van der Waals surface area contributed by atoms with Gasteiger partial charge in [0.2, 0.25) is 11.2 Å². The van der Waals surface area contributed by atoms with Crippen molar-refractivity contribution in [3.8, 4) is 11.8 Å². The van der Waals surface area contributed by atoms with Crippen molar-refractivity contribution in [1.82, 2.24) is 4.98 Å². The highest BCUT2D eigenvalue weighted by molar-refractivity contribution is 5.93. The molecule has 0 saturated carbocycles. The second-order valence-electron chi connectivity index (χ2n) is 6.11. The van der Waals surface area contributed by atoms with Crippen LogP contribution in [0.3, 0.4) is 0 Å². The van der Waals surface area contributed by atoms with Gasteiger partial charge in [0.15, 0.2) is 0 Å². The summed E-state index contributed by atoms with van der Waals surface area (Å²) >= 11 is 0. The minimum Gasteiger partial charge on any atom is -0.506 e. The summed E-state index contributed by atoms with van der Waals surface area (Å²) in [5.41, 5.74) is 4.34. The second kappa shape index (κ2) is 6.30. The van der Waals surface area contributed by atoms with Gasteiger partial charge in [-0.1, -0.05) is 12.1 Å². The molecule has 0 saturated heterocycles. The minimum absolute atomic E-state index is 0.183. The summed E-state index contributed by atoms with van der Waals surface area (Å²) in [6.45, 7) is 0. The molecular formula is C22H16N3O+. The van der Waals surface area contributed by atoms with E-state index in [1.165, 1.54) is 0 Å². The van der Waals surface area contributed by atoms with Crippen LogP contribution in [0.4, 0.5) is 0 Å². The van der Waals surface area contributed by atoms with Crippen LogP contribution in [0, 0.1) is 11.3 Å². The summed E-state index contributed by atoms with van der Waals surface area (Å²) in [6, 6.07) is 19.3. The van der Waals surface area contributed by atoms with Crippen LogP contribution in [-0.4, -0.2) is 10.1 Å².